The van der Waals surface area contributed by atoms with Crippen LogP contribution in [0.1, 0.15) is 11.5 Å². The van der Waals surface area contributed by atoms with E-state index in [0.717, 1.165) is 49.7 Å². The first-order valence-corrected chi connectivity index (χ1v) is 14.2. The van der Waals surface area contributed by atoms with E-state index in [9.17, 15) is 22.9 Å². The summed E-state index contributed by atoms with van der Waals surface area (Å²) >= 11 is 0. The summed E-state index contributed by atoms with van der Waals surface area (Å²) in [5.41, 5.74) is 0.494. The van der Waals surface area contributed by atoms with E-state index in [4.69, 9.17) is 4.74 Å². The number of benzene rings is 2. The molecule has 2 atom stereocenters. The van der Waals surface area contributed by atoms with Gasteiger partial charge in [0.05, 0.1) is 18.1 Å². The third-order valence-electron chi connectivity index (χ3n) is 7.50. The molecule has 0 bridgehead atoms. The maximum Gasteiger partial charge on any atom is 0.273 e. The Hall–Kier alpha value is -3.61. The van der Waals surface area contributed by atoms with Crippen molar-refractivity contribution in [2.24, 2.45) is 5.92 Å². The first kappa shape index (κ1) is 27.0. The van der Waals surface area contributed by atoms with Gasteiger partial charge in [-0.1, -0.05) is 18.2 Å². The molecule has 206 valence electrons. The fourth-order valence-electron chi connectivity index (χ4n) is 5.48. The Morgan fingerprint density at radius 3 is 2.51 bits per heavy atom. The minimum Gasteiger partial charge on any atom is -0.495 e. The molecule has 3 aromatic rings. The molecule has 0 saturated carbocycles. The van der Waals surface area contributed by atoms with Crippen LogP contribution in [0.4, 0.5) is 15.9 Å². The smallest absolute Gasteiger partial charge is 0.273 e. The highest BCUT2D eigenvalue weighted by molar-refractivity contribution is 7.89. The van der Waals surface area contributed by atoms with Crippen LogP contribution in [0.25, 0.3) is 0 Å². The number of nitro groups is 1. The molecule has 0 N–H and O–H groups in total. The van der Waals surface area contributed by atoms with Crippen LogP contribution >= 0.6 is 0 Å². The molecule has 39 heavy (non-hydrogen) atoms. The molecule has 5 rings (SSSR count). The number of pyridine rings is 1. The monoisotopic (exact) mass is 555 g/mol. The van der Waals surface area contributed by atoms with Gasteiger partial charge < -0.3 is 9.64 Å². The van der Waals surface area contributed by atoms with Crippen molar-refractivity contribution in [3.05, 3.63) is 88.4 Å². The number of nitro benzene ring substituents is 1. The van der Waals surface area contributed by atoms with Crippen LogP contribution in [0.5, 0.6) is 5.75 Å². The highest BCUT2D eigenvalue weighted by atomic mass is 32.2. The molecule has 2 saturated heterocycles. The molecule has 2 fully saturated rings. The van der Waals surface area contributed by atoms with Crippen LogP contribution in [0.15, 0.2) is 71.8 Å². The van der Waals surface area contributed by atoms with E-state index < -0.39 is 14.9 Å². The minimum atomic E-state index is -4.04. The van der Waals surface area contributed by atoms with Gasteiger partial charge in [-0.25, -0.2) is 17.8 Å². The molecular formula is C27H30FN5O5S. The maximum atomic E-state index is 14.2. The number of hydrogen-bond acceptors (Lipinski definition) is 8. The lowest BCUT2D eigenvalue weighted by Crippen LogP contribution is -2.48. The Morgan fingerprint density at radius 1 is 1.05 bits per heavy atom. The van der Waals surface area contributed by atoms with E-state index in [0.29, 0.717) is 6.54 Å². The Morgan fingerprint density at radius 2 is 1.85 bits per heavy atom. The summed E-state index contributed by atoms with van der Waals surface area (Å²) in [5.74, 6) is 0.194. The molecule has 1 aromatic heterocycles. The molecule has 10 nitrogen and oxygen atoms in total. The number of rotatable bonds is 8. The van der Waals surface area contributed by atoms with Gasteiger partial charge in [0.2, 0.25) is 10.0 Å². The van der Waals surface area contributed by atoms with Crippen LogP contribution < -0.4 is 9.64 Å². The van der Waals surface area contributed by atoms with Crippen molar-refractivity contribution in [2.75, 3.05) is 57.8 Å². The van der Waals surface area contributed by atoms with Crippen molar-refractivity contribution >= 4 is 21.5 Å². The molecule has 0 amide bonds. The zero-order valence-electron chi connectivity index (χ0n) is 21.5. The standard InChI is InChI=1S/C27H30FN5O5S/c1-38-25-16-23(33(34)35)8-9-26(25)39(36,37)32-18-21(24(19-32)20-5-4-6-22(28)15-20)17-30-11-13-31(14-12-30)27-7-2-3-10-29-27/h2-10,15-16,21,24H,11-14,17-19H2,1H3/t21-,24+/m1/s1. The van der Waals surface area contributed by atoms with Gasteiger partial charge in [-0.05, 0) is 41.8 Å². The van der Waals surface area contributed by atoms with Gasteiger partial charge in [-0.15, -0.1) is 0 Å². The molecule has 12 heteroatoms. The van der Waals surface area contributed by atoms with E-state index in [2.05, 4.69) is 14.8 Å². The molecule has 2 aromatic carbocycles. The summed E-state index contributed by atoms with van der Waals surface area (Å²) in [6, 6.07) is 15.7. The summed E-state index contributed by atoms with van der Waals surface area (Å²) in [5, 5.41) is 11.2. The third kappa shape index (κ3) is 5.72. The van der Waals surface area contributed by atoms with Crippen LogP contribution in [0.2, 0.25) is 0 Å². The van der Waals surface area contributed by atoms with E-state index in [1.165, 1.54) is 29.6 Å². The highest BCUT2D eigenvalue weighted by Crippen LogP contribution is 2.39. The fourth-order valence-corrected chi connectivity index (χ4v) is 7.14. The molecule has 0 radical (unpaired) electrons. The Bertz CT molecular complexity index is 1430. The van der Waals surface area contributed by atoms with Crippen molar-refractivity contribution < 1.29 is 22.5 Å². The molecule has 0 unspecified atom stereocenters. The highest BCUT2D eigenvalue weighted by Gasteiger charge is 2.42. The van der Waals surface area contributed by atoms with E-state index in [1.807, 2.05) is 24.3 Å². The van der Waals surface area contributed by atoms with E-state index in [1.54, 1.807) is 12.3 Å². The lowest BCUT2D eigenvalue weighted by atomic mass is 9.88. The SMILES string of the molecule is COc1cc([N+](=O)[O-])ccc1S(=O)(=O)N1C[C@@H](CN2CCN(c3ccccn3)CC2)[C@H](c2cccc(F)c2)C1. The molecule has 3 heterocycles. The lowest BCUT2D eigenvalue weighted by Gasteiger charge is -2.37. The minimum absolute atomic E-state index is 0.0768. The number of halogens is 1. The van der Waals surface area contributed by atoms with Crippen molar-refractivity contribution in [3.63, 3.8) is 0 Å². The topological polar surface area (TPSA) is 109 Å². The normalized spacial score (nSPS) is 20.7. The number of aromatic nitrogens is 1. The molecule has 2 aliphatic rings. The number of hydrogen-bond donors (Lipinski definition) is 0. The quantitative estimate of drug-likeness (QED) is 0.308. The third-order valence-corrected chi connectivity index (χ3v) is 9.37. The summed E-state index contributed by atoms with van der Waals surface area (Å²) in [6.07, 6.45) is 1.78. The van der Waals surface area contributed by atoms with E-state index >= 15 is 0 Å². The Balaban J connectivity index is 1.37. The molecule has 0 spiro atoms. The van der Waals surface area contributed by atoms with Gasteiger partial charge in [0, 0.05) is 64.0 Å². The second-order valence-electron chi connectivity index (χ2n) is 9.81. The first-order valence-electron chi connectivity index (χ1n) is 12.7. The number of methoxy groups -OCH3 is 1. The second-order valence-corrected chi connectivity index (χ2v) is 11.7. The molecule has 0 aliphatic carbocycles. The Labute approximate surface area is 226 Å². The zero-order chi connectivity index (χ0) is 27.6. The number of sulfonamides is 1. The summed E-state index contributed by atoms with van der Waals surface area (Å²) in [4.78, 5) is 19.5. The fraction of sp³-hybridized carbons (Fsp3) is 0.370. The van der Waals surface area contributed by atoms with E-state index in [-0.39, 0.29) is 47.1 Å². The first-order chi connectivity index (χ1) is 18.8. The van der Waals surface area contributed by atoms with Gasteiger partial charge >= 0.3 is 0 Å². The summed E-state index contributed by atoms with van der Waals surface area (Å²) < 4.78 is 48.3. The van der Waals surface area contributed by atoms with Crippen molar-refractivity contribution in [2.45, 2.75) is 10.8 Å². The average molecular weight is 556 g/mol. The van der Waals surface area contributed by atoms with Gasteiger partial charge in [-0.3, -0.25) is 15.0 Å². The predicted octanol–water partition coefficient (Wildman–Crippen LogP) is 3.36. The van der Waals surface area contributed by atoms with Crippen molar-refractivity contribution in [3.8, 4) is 5.75 Å². The van der Waals surface area contributed by atoms with Crippen LogP contribution in [0, 0.1) is 21.8 Å². The largest absolute Gasteiger partial charge is 0.495 e. The zero-order valence-corrected chi connectivity index (χ0v) is 22.3. The van der Waals surface area contributed by atoms with Crippen LogP contribution in [-0.4, -0.2) is 80.5 Å². The summed E-state index contributed by atoms with van der Waals surface area (Å²) in [6.45, 7) is 4.26. The Kier molecular flexibility index (Phi) is 7.78. The number of non-ortho nitro benzene ring substituents is 1. The molecule has 2 aliphatic heterocycles. The van der Waals surface area contributed by atoms with Crippen LogP contribution in [-0.2, 0) is 10.0 Å². The van der Waals surface area contributed by atoms with Crippen molar-refractivity contribution in [1.29, 1.82) is 0 Å². The lowest BCUT2D eigenvalue weighted by molar-refractivity contribution is -0.385. The number of nitrogens with zero attached hydrogens (tertiary/aromatic N) is 5. The van der Waals surface area contributed by atoms with Gasteiger partial charge in [0.1, 0.15) is 22.3 Å². The summed E-state index contributed by atoms with van der Waals surface area (Å²) in [7, 11) is -2.75. The van der Waals surface area contributed by atoms with Gasteiger partial charge in [0.25, 0.3) is 5.69 Å². The van der Waals surface area contributed by atoms with Gasteiger partial charge in [0.15, 0.2) is 0 Å². The predicted molar refractivity (Wildman–Crippen MR) is 144 cm³/mol. The number of piperazine rings is 1. The average Bonchev–Trinajstić information content (AvgIpc) is 3.38. The van der Waals surface area contributed by atoms with Gasteiger partial charge in [-0.2, -0.15) is 4.31 Å². The molecular weight excluding hydrogens is 525 g/mol. The van der Waals surface area contributed by atoms with Crippen molar-refractivity contribution in [1.82, 2.24) is 14.2 Å². The second kappa shape index (κ2) is 11.2. The van der Waals surface area contributed by atoms with Crippen LogP contribution in [0.3, 0.4) is 0 Å². The number of anilines is 1. The maximum absolute atomic E-state index is 14.2. The number of ether oxygens (including phenoxy) is 1.